The lowest BCUT2D eigenvalue weighted by Gasteiger charge is -1.91. The van der Waals surface area contributed by atoms with Crippen molar-refractivity contribution in [3.05, 3.63) is 6.33 Å². The van der Waals surface area contributed by atoms with Gasteiger partial charge in [0.15, 0.2) is 5.16 Å². The molecule has 0 bridgehead atoms. The zero-order valence-corrected chi connectivity index (χ0v) is 7.78. The van der Waals surface area contributed by atoms with Crippen LogP contribution in [0.2, 0.25) is 0 Å². The topological polar surface area (TPSA) is 41.6 Å². The molecular weight excluding hydrogens is 214 g/mol. The molecule has 0 amide bonds. The summed E-state index contributed by atoms with van der Waals surface area (Å²) in [6.07, 6.45) is 2.68. The molecule has 0 radical (unpaired) electrons. The third-order valence-electron chi connectivity index (χ3n) is 0.910. The second-order valence-electron chi connectivity index (χ2n) is 1.68. The molecule has 0 aliphatic heterocycles. The van der Waals surface area contributed by atoms with E-state index in [4.69, 9.17) is 0 Å². The van der Waals surface area contributed by atoms with E-state index in [9.17, 15) is 0 Å². The summed E-state index contributed by atoms with van der Waals surface area (Å²) >= 11 is 5.05. The molecule has 0 aromatic carbocycles. The van der Waals surface area contributed by atoms with Crippen molar-refractivity contribution in [3.63, 3.8) is 0 Å². The normalized spacial score (nSPS) is 10.1. The summed E-state index contributed by atoms with van der Waals surface area (Å²) in [5.41, 5.74) is 0. The van der Waals surface area contributed by atoms with Gasteiger partial charge in [0.05, 0.1) is 0 Å². The predicted molar refractivity (Wildman–Crippen MR) is 45.5 cm³/mol. The van der Waals surface area contributed by atoms with E-state index < -0.39 is 0 Å². The van der Waals surface area contributed by atoms with E-state index in [2.05, 4.69) is 31.1 Å². The van der Waals surface area contributed by atoms with Crippen LogP contribution >= 0.6 is 27.7 Å². The smallest absolute Gasteiger partial charge is 0.183 e. The fraction of sp³-hybridized carbons (Fsp3) is 0.600. The van der Waals surface area contributed by atoms with Crippen molar-refractivity contribution in [1.82, 2.24) is 15.2 Å². The molecule has 0 fully saturated rings. The Morgan fingerprint density at radius 3 is 3.20 bits per heavy atom. The monoisotopic (exact) mass is 221 g/mol. The van der Waals surface area contributed by atoms with Crippen molar-refractivity contribution in [1.29, 1.82) is 0 Å². The van der Waals surface area contributed by atoms with Crippen LogP contribution in [0.25, 0.3) is 0 Å². The number of nitrogens with zero attached hydrogens (tertiary/aromatic N) is 2. The van der Waals surface area contributed by atoms with Crippen LogP contribution in [0.15, 0.2) is 11.5 Å². The average molecular weight is 222 g/mol. The van der Waals surface area contributed by atoms with Gasteiger partial charge in [-0.2, -0.15) is 5.10 Å². The number of H-pyrrole nitrogens is 1. The number of aromatic amines is 1. The Morgan fingerprint density at radius 2 is 2.60 bits per heavy atom. The lowest BCUT2D eigenvalue weighted by atomic mass is 10.6. The van der Waals surface area contributed by atoms with Gasteiger partial charge < -0.3 is 0 Å². The van der Waals surface area contributed by atoms with Crippen LogP contribution in [0, 0.1) is 0 Å². The van der Waals surface area contributed by atoms with E-state index in [1.807, 2.05) is 0 Å². The van der Waals surface area contributed by atoms with Gasteiger partial charge in [0.25, 0.3) is 0 Å². The number of alkyl halides is 1. The largest absolute Gasteiger partial charge is 0.254 e. The molecule has 0 aliphatic carbocycles. The maximum atomic E-state index is 3.97. The van der Waals surface area contributed by atoms with E-state index in [0.29, 0.717) is 0 Å². The third kappa shape index (κ3) is 2.70. The van der Waals surface area contributed by atoms with Gasteiger partial charge in [-0.3, -0.25) is 5.10 Å². The Hall–Kier alpha value is -0.0300. The molecule has 56 valence electrons. The van der Waals surface area contributed by atoms with E-state index in [1.165, 1.54) is 6.33 Å². The molecule has 1 rings (SSSR count). The lowest BCUT2D eigenvalue weighted by molar-refractivity contribution is 0.969. The van der Waals surface area contributed by atoms with Crippen molar-refractivity contribution in [3.8, 4) is 0 Å². The molecule has 0 spiro atoms. The van der Waals surface area contributed by atoms with Gasteiger partial charge in [0.1, 0.15) is 6.33 Å². The Bertz CT molecular complexity index is 165. The van der Waals surface area contributed by atoms with Crippen LogP contribution in [-0.2, 0) is 0 Å². The highest BCUT2D eigenvalue weighted by Gasteiger charge is 1.93. The maximum absolute atomic E-state index is 3.97. The fourth-order valence-electron chi connectivity index (χ4n) is 0.487. The Balaban J connectivity index is 2.15. The van der Waals surface area contributed by atoms with Crippen molar-refractivity contribution in [2.45, 2.75) is 11.6 Å². The number of aromatic nitrogens is 3. The highest BCUT2D eigenvalue weighted by atomic mass is 79.9. The molecule has 0 aliphatic rings. The summed E-state index contributed by atoms with van der Waals surface area (Å²) in [6, 6.07) is 0. The van der Waals surface area contributed by atoms with Crippen LogP contribution in [0.1, 0.15) is 6.42 Å². The number of nitrogens with one attached hydrogen (secondary N) is 1. The van der Waals surface area contributed by atoms with E-state index in [1.54, 1.807) is 11.8 Å². The molecule has 0 unspecified atom stereocenters. The first-order valence-electron chi connectivity index (χ1n) is 2.97. The van der Waals surface area contributed by atoms with Gasteiger partial charge in [0.2, 0.25) is 0 Å². The molecule has 1 heterocycles. The van der Waals surface area contributed by atoms with Gasteiger partial charge in [-0.15, -0.1) is 0 Å². The minimum atomic E-state index is 0.904. The second-order valence-corrected chi connectivity index (χ2v) is 3.56. The summed E-state index contributed by atoms with van der Waals surface area (Å²) in [5.74, 6) is 1.08. The van der Waals surface area contributed by atoms with Gasteiger partial charge in [-0.1, -0.05) is 27.7 Å². The lowest BCUT2D eigenvalue weighted by Crippen LogP contribution is -1.81. The van der Waals surface area contributed by atoms with Crippen molar-refractivity contribution in [2.75, 3.05) is 11.1 Å². The summed E-state index contributed by atoms with van der Waals surface area (Å²) in [5, 5.41) is 8.47. The second kappa shape index (κ2) is 4.73. The predicted octanol–water partition coefficient (Wildman–Crippen LogP) is 1.68. The minimum absolute atomic E-state index is 0.904. The summed E-state index contributed by atoms with van der Waals surface area (Å²) < 4.78 is 0. The molecule has 1 aromatic rings. The summed E-state index contributed by atoms with van der Waals surface area (Å²) in [7, 11) is 0. The molecule has 3 nitrogen and oxygen atoms in total. The summed E-state index contributed by atoms with van der Waals surface area (Å²) in [6.45, 7) is 0. The maximum Gasteiger partial charge on any atom is 0.183 e. The number of hydrogen-bond acceptors (Lipinski definition) is 3. The Morgan fingerprint density at radius 1 is 1.70 bits per heavy atom. The van der Waals surface area contributed by atoms with Crippen molar-refractivity contribution < 1.29 is 0 Å². The van der Waals surface area contributed by atoms with E-state index in [-0.39, 0.29) is 0 Å². The average Bonchev–Trinajstić information content (AvgIpc) is 2.41. The molecule has 1 aromatic heterocycles. The molecular formula is C5H8BrN3S. The van der Waals surface area contributed by atoms with Gasteiger partial charge in [0, 0.05) is 11.1 Å². The SMILES string of the molecule is BrCCCSc1ncn[nH]1. The third-order valence-corrected chi connectivity index (χ3v) is 2.43. The molecule has 1 N–H and O–H groups in total. The molecule has 0 atom stereocenters. The van der Waals surface area contributed by atoms with Crippen molar-refractivity contribution in [2.24, 2.45) is 0 Å². The van der Waals surface area contributed by atoms with Crippen LogP contribution in [0.4, 0.5) is 0 Å². The number of rotatable bonds is 4. The van der Waals surface area contributed by atoms with Crippen LogP contribution in [0.5, 0.6) is 0 Å². The van der Waals surface area contributed by atoms with Crippen molar-refractivity contribution >= 4 is 27.7 Å². The van der Waals surface area contributed by atoms with Crippen LogP contribution in [0.3, 0.4) is 0 Å². The van der Waals surface area contributed by atoms with Gasteiger partial charge in [-0.05, 0) is 6.42 Å². The first-order chi connectivity index (χ1) is 4.93. The fourth-order valence-corrected chi connectivity index (χ4v) is 1.86. The first-order valence-corrected chi connectivity index (χ1v) is 5.08. The number of thioether (sulfide) groups is 1. The molecule has 0 saturated carbocycles. The molecule has 0 saturated heterocycles. The highest BCUT2D eigenvalue weighted by molar-refractivity contribution is 9.09. The number of hydrogen-bond donors (Lipinski definition) is 1. The van der Waals surface area contributed by atoms with E-state index in [0.717, 1.165) is 22.7 Å². The van der Waals surface area contributed by atoms with Crippen LogP contribution < -0.4 is 0 Å². The minimum Gasteiger partial charge on any atom is -0.254 e. The summed E-state index contributed by atoms with van der Waals surface area (Å²) in [4.78, 5) is 3.97. The Labute approximate surface area is 72.1 Å². The first kappa shape index (κ1) is 8.07. The van der Waals surface area contributed by atoms with Gasteiger partial charge in [-0.25, -0.2) is 4.98 Å². The van der Waals surface area contributed by atoms with Crippen LogP contribution in [-0.4, -0.2) is 26.3 Å². The van der Waals surface area contributed by atoms with E-state index >= 15 is 0 Å². The zero-order chi connectivity index (χ0) is 7.23. The standard InChI is InChI=1S/C5H8BrN3S/c6-2-1-3-10-5-7-4-8-9-5/h4H,1-3H2,(H,7,8,9). The molecule has 5 heteroatoms. The van der Waals surface area contributed by atoms with Gasteiger partial charge >= 0.3 is 0 Å². The Kier molecular flexibility index (Phi) is 3.82. The number of halogens is 1. The zero-order valence-electron chi connectivity index (χ0n) is 5.38. The highest BCUT2D eigenvalue weighted by Crippen LogP contribution is 2.11. The quantitative estimate of drug-likeness (QED) is 0.478. The molecule has 10 heavy (non-hydrogen) atoms.